The maximum absolute atomic E-state index is 14.2. The number of hydrazone groups is 1. The molecule has 0 radical (unpaired) electrons. The molecule has 1 aliphatic heterocycles. The second kappa shape index (κ2) is 10.4. The highest BCUT2D eigenvalue weighted by Gasteiger charge is 2.22. The van der Waals surface area contributed by atoms with Crippen LogP contribution in [0.2, 0.25) is 5.02 Å². The van der Waals surface area contributed by atoms with Gasteiger partial charge in [0.2, 0.25) is 5.95 Å². The Bertz CT molecular complexity index is 1100. The summed E-state index contributed by atoms with van der Waals surface area (Å²) in [6.07, 6.45) is 4.64. The van der Waals surface area contributed by atoms with Crippen molar-refractivity contribution in [3.8, 4) is 0 Å². The van der Waals surface area contributed by atoms with Gasteiger partial charge in [0.15, 0.2) is 11.6 Å². The van der Waals surface area contributed by atoms with Gasteiger partial charge in [-0.05, 0) is 24.6 Å². The highest BCUT2D eigenvalue weighted by Crippen LogP contribution is 2.31. The first-order valence-corrected chi connectivity index (χ1v) is 11.2. The zero-order valence-corrected chi connectivity index (χ0v) is 19.4. The van der Waals surface area contributed by atoms with Gasteiger partial charge in [0.05, 0.1) is 41.7 Å². The number of morpholine rings is 1. The summed E-state index contributed by atoms with van der Waals surface area (Å²) in [6.45, 7) is 4.05. The molecule has 3 N–H and O–H groups in total. The van der Waals surface area contributed by atoms with E-state index >= 15 is 0 Å². The van der Waals surface area contributed by atoms with Crippen molar-refractivity contribution in [2.45, 2.75) is 18.7 Å². The lowest BCUT2D eigenvalue weighted by Crippen LogP contribution is -2.37. The van der Waals surface area contributed by atoms with E-state index in [0.29, 0.717) is 43.3 Å². The molecule has 0 saturated carbocycles. The molecule has 1 fully saturated rings. The number of aliphatic hydroxyl groups excluding tert-OH is 1. The molecule has 11 heteroatoms. The van der Waals surface area contributed by atoms with Crippen molar-refractivity contribution in [3.05, 3.63) is 63.9 Å². The highest BCUT2D eigenvalue weighted by molar-refractivity contribution is 6.33. The van der Waals surface area contributed by atoms with Crippen molar-refractivity contribution in [1.82, 2.24) is 9.97 Å². The number of halogens is 3. The maximum Gasteiger partial charge on any atom is 0.245 e. The number of para-hydroxylation sites is 1. The summed E-state index contributed by atoms with van der Waals surface area (Å²) in [7, 11) is 0. The lowest BCUT2D eigenvalue weighted by molar-refractivity contribution is 0.122. The molecule has 1 unspecified atom stereocenters. The number of ether oxygens (including phenoxy) is 1. The first-order valence-electron chi connectivity index (χ1n) is 10.4. The monoisotopic (exact) mass is 492 g/mol. The number of nitrogens with zero attached hydrogens (tertiary/aromatic N) is 4. The molecule has 1 atom stereocenters. The SMILES string of the molecule is Cc1cccc(Cl)c1NC1=CC(/C=N\Nc2ncc(F)c(N3CCOCC3)n2)=C(O)C(Cl)C1. The van der Waals surface area contributed by atoms with Crippen molar-refractivity contribution >= 4 is 46.9 Å². The van der Waals surface area contributed by atoms with Crippen LogP contribution < -0.4 is 15.6 Å². The van der Waals surface area contributed by atoms with E-state index in [9.17, 15) is 9.50 Å². The minimum Gasteiger partial charge on any atom is -0.510 e. The molecular formula is C22H23Cl2FN6O2. The highest BCUT2D eigenvalue weighted by atomic mass is 35.5. The van der Waals surface area contributed by atoms with Crippen LogP contribution in [0.15, 0.2) is 52.6 Å². The summed E-state index contributed by atoms with van der Waals surface area (Å²) in [5, 5.41) is 17.8. The van der Waals surface area contributed by atoms with Gasteiger partial charge < -0.3 is 20.1 Å². The summed E-state index contributed by atoms with van der Waals surface area (Å²) in [6, 6.07) is 5.62. The van der Waals surface area contributed by atoms with E-state index in [1.807, 2.05) is 19.1 Å². The molecule has 0 spiro atoms. The number of anilines is 3. The van der Waals surface area contributed by atoms with Crippen LogP contribution in [-0.2, 0) is 4.74 Å². The smallest absolute Gasteiger partial charge is 0.245 e. The lowest BCUT2D eigenvalue weighted by Gasteiger charge is -2.27. The molecule has 1 aromatic carbocycles. The third kappa shape index (κ3) is 5.55. The molecule has 1 aromatic heterocycles. The Morgan fingerprint density at radius 2 is 2.12 bits per heavy atom. The molecule has 33 heavy (non-hydrogen) atoms. The van der Waals surface area contributed by atoms with Crippen LogP contribution in [0.3, 0.4) is 0 Å². The fraction of sp³-hybridized carbons (Fsp3) is 0.318. The van der Waals surface area contributed by atoms with E-state index in [0.717, 1.165) is 23.1 Å². The Balaban J connectivity index is 1.49. The molecule has 4 rings (SSSR count). The number of aryl methyl sites for hydroxylation is 1. The van der Waals surface area contributed by atoms with Crippen LogP contribution >= 0.6 is 23.2 Å². The minimum absolute atomic E-state index is 0.00215. The van der Waals surface area contributed by atoms with Crippen LogP contribution in [0.25, 0.3) is 0 Å². The predicted octanol–water partition coefficient (Wildman–Crippen LogP) is 4.63. The third-order valence-electron chi connectivity index (χ3n) is 5.23. The summed E-state index contributed by atoms with van der Waals surface area (Å²) in [5.74, 6) is -0.204. The Morgan fingerprint density at radius 1 is 1.33 bits per heavy atom. The van der Waals surface area contributed by atoms with Crippen molar-refractivity contribution in [2.24, 2.45) is 5.10 Å². The summed E-state index contributed by atoms with van der Waals surface area (Å²) in [5.41, 5.74) is 5.63. The number of benzene rings is 1. The molecule has 174 valence electrons. The first-order chi connectivity index (χ1) is 15.9. The number of rotatable bonds is 6. The fourth-order valence-corrected chi connectivity index (χ4v) is 4.06. The molecule has 1 aliphatic carbocycles. The van der Waals surface area contributed by atoms with E-state index in [-0.39, 0.29) is 17.5 Å². The van der Waals surface area contributed by atoms with Crippen LogP contribution in [-0.4, -0.2) is 53.0 Å². The van der Waals surface area contributed by atoms with E-state index in [1.165, 1.54) is 6.21 Å². The number of hydrogen-bond donors (Lipinski definition) is 3. The Kier molecular flexibility index (Phi) is 7.32. The Morgan fingerprint density at radius 3 is 2.88 bits per heavy atom. The minimum atomic E-state index is -0.628. The van der Waals surface area contributed by atoms with Gasteiger partial charge in [0.1, 0.15) is 5.76 Å². The van der Waals surface area contributed by atoms with Gasteiger partial charge in [-0.15, -0.1) is 11.6 Å². The largest absolute Gasteiger partial charge is 0.510 e. The second-order valence-electron chi connectivity index (χ2n) is 7.57. The molecular weight excluding hydrogens is 470 g/mol. The second-order valence-corrected chi connectivity index (χ2v) is 8.51. The summed E-state index contributed by atoms with van der Waals surface area (Å²) in [4.78, 5) is 9.93. The molecule has 2 aromatic rings. The van der Waals surface area contributed by atoms with E-state index in [1.54, 1.807) is 17.0 Å². The molecule has 2 aliphatic rings. The van der Waals surface area contributed by atoms with Gasteiger partial charge >= 0.3 is 0 Å². The van der Waals surface area contributed by atoms with Gasteiger partial charge in [-0.1, -0.05) is 23.7 Å². The summed E-state index contributed by atoms with van der Waals surface area (Å²) >= 11 is 12.6. The van der Waals surface area contributed by atoms with Gasteiger partial charge in [-0.2, -0.15) is 10.1 Å². The molecule has 2 heterocycles. The van der Waals surface area contributed by atoms with Crippen molar-refractivity contribution in [3.63, 3.8) is 0 Å². The lowest BCUT2D eigenvalue weighted by atomic mass is 10.0. The van der Waals surface area contributed by atoms with Crippen molar-refractivity contribution in [1.29, 1.82) is 0 Å². The third-order valence-corrected chi connectivity index (χ3v) is 5.91. The van der Waals surface area contributed by atoms with Crippen LogP contribution in [0.1, 0.15) is 12.0 Å². The number of nitrogens with one attached hydrogen (secondary N) is 2. The standard InChI is InChI=1S/C22H23Cl2FN6O2/c1-13-3-2-4-16(23)19(13)28-15-9-14(20(32)17(24)10-15)11-27-30-22-26-12-18(25)21(29-22)31-5-7-33-8-6-31/h2-4,9,11-12,17,28,32H,5-8,10H2,1H3,(H,26,29,30)/b27-11-. The number of aliphatic hydroxyl groups is 1. The quantitative estimate of drug-likeness (QED) is 0.307. The van der Waals surface area contributed by atoms with E-state index in [2.05, 4.69) is 25.8 Å². The topological polar surface area (TPSA) is 94.9 Å². The van der Waals surface area contributed by atoms with Gasteiger partial charge in [0, 0.05) is 30.8 Å². The zero-order valence-electron chi connectivity index (χ0n) is 17.9. The van der Waals surface area contributed by atoms with Crippen LogP contribution in [0, 0.1) is 12.7 Å². The van der Waals surface area contributed by atoms with E-state index < -0.39 is 11.2 Å². The normalized spacial score (nSPS) is 19.1. The zero-order chi connectivity index (χ0) is 23.4. The average Bonchev–Trinajstić information content (AvgIpc) is 2.81. The molecule has 1 saturated heterocycles. The maximum atomic E-state index is 14.2. The van der Waals surface area contributed by atoms with Gasteiger partial charge in [0.25, 0.3) is 0 Å². The van der Waals surface area contributed by atoms with E-state index in [4.69, 9.17) is 27.9 Å². The van der Waals surface area contributed by atoms with Crippen LogP contribution in [0.5, 0.6) is 0 Å². The molecule has 0 amide bonds. The fourth-order valence-electron chi connectivity index (χ4n) is 3.50. The number of alkyl halides is 1. The predicted molar refractivity (Wildman–Crippen MR) is 129 cm³/mol. The van der Waals surface area contributed by atoms with Crippen molar-refractivity contribution < 1.29 is 14.2 Å². The summed E-state index contributed by atoms with van der Waals surface area (Å²) < 4.78 is 19.5. The molecule has 0 bridgehead atoms. The van der Waals surface area contributed by atoms with Gasteiger partial charge in [-0.25, -0.2) is 14.8 Å². The Hall–Kier alpha value is -2.88. The van der Waals surface area contributed by atoms with Crippen molar-refractivity contribution in [2.75, 3.05) is 41.9 Å². The first kappa shape index (κ1) is 23.3. The average molecular weight is 493 g/mol. The number of allylic oxidation sites excluding steroid dienone is 4. The molecule has 8 nitrogen and oxygen atoms in total. The number of hydrogen-bond acceptors (Lipinski definition) is 8. The number of aromatic nitrogens is 2. The van der Waals surface area contributed by atoms with Gasteiger partial charge in [-0.3, -0.25) is 0 Å². The van der Waals surface area contributed by atoms with Crippen LogP contribution in [0.4, 0.5) is 21.8 Å². The Labute approximate surface area is 200 Å².